The molecule has 0 radical (unpaired) electrons. The zero-order valence-corrected chi connectivity index (χ0v) is 17.6. The van der Waals surface area contributed by atoms with Crippen molar-refractivity contribution in [3.05, 3.63) is 36.0 Å². The van der Waals surface area contributed by atoms with Gasteiger partial charge in [0.05, 0.1) is 23.9 Å². The second kappa shape index (κ2) is 8.15. The van der Waals surface area contributed by atoms with E-state index in [4.69, 9.17) is 13.6 Å². The molecule has 4 rings (SSSR count). The number of thioether (sulfide) groups is 1. The van der Waals surface area contributed by atoms with Crippen molar-refractivity contribution in [3.8, 4) is 17.2 Å². The molecule has 3 heterocycles. The molecule has 2 atom stereocenters. The third-order valence-electron chi connectivity index (χ3n) is 4.64. The van der Waals surface area contributed by atoms with Crippen molar-refractivity contribution in [1.29, 1.82) is 0 Å². The molecule has 0 bridgehead atoms. The van der Waals surface area contributed by atoms with Gasteiger partial charge in [0.25, 0.3) is 5.22 Å². The van der Waals surface area contributed by atoms with Crippen molar-refractivity contribution in [3.63, 3.8) is 0 Å². The molecule has 154 valence electrons. The maximum Gasteiger partial charge on any atom is 0.277 e. The number of hydrogen-bond acceptors (Lipinski definition) is 10. The van der Waals surface area contributed by atoms with Crippen molar-refractivity contribution in [1.82, 2.24) is 20.4 Å². The van der Waals surface area contributed by atoms with Crippen LogP contribution in [-0.2, 0) is 16.3 Å². The van der Waals surface area contributed by atoms with Crippen LogP contribution in [0, 0.1) is 5.92 Å². The number of benzene rings is 1. The van der Waals surface area contributed by atoms with Crippen molar-refractivity contribution >= 4 is 21.6 Å². The monoisotopic (exact) mass is 436 g/mol. The van der Waals surface area contributed by atoms with Gasteiger partial charge in [0, 0.05) is 12.0 Å². The zero-order chi connectivity index (χ0) is 20.4. The Morgan fingerprint density at radius 1 is 1.17 bits per heavy atom. The van der Waals surface area contributed by atoms with Crippen molar-refractivity contribution in [2.24, 2.45) is 5.92 Å². The molecule has 2 aromatic heterocycles. The summed E-state index contributed by atoms with van der Waals surface area (Å²) >= 11 is 1.32. The van der Waals surface area contributed by atoms with Gasteiger partial charge in [-0.25, -0.2) is 8.42 Å². The second-order valence-corrected chi connectivity index (χ2v) is 10.4. The molecule has 0 aliphatic carbocycles. The van der Waals surface area contributed by atoms with Crippen LogP contribution in [0.15, 0.2) is 38.3 Å². The minimum Gasteiger partial charge on any atom is -0.497 e. The minimum atomic E-state index is -2.92. The first kappa shape index (κ1) is 19.9. The van der Waals surface area contributed by atoms with E-state index < -0.39 is 9.84 Å². The van der Waals surface area contributed by atoms with Gasteiger partial charge in [-0.15, -0.1) is 20.4 Å². The summed E-state index contributed by atoms with van der Waals surface area (Å²) in [4.78, 5) is 0. The number of aromatic nitrogens is 4. The second-order valence-electron chi connectivity index (χ2n) is 6.87. The molecule has 1 saturated heterocycles. The Balaban J connectivity index is 1.38. The van der Waals surface area contributed by atoms with E-state index in [2.05, 4.69) is 20.4 Å². The van der Waals surface area contributed by atoms with Gasteiger partial charge in [-0.05, 0) is 43.5 Å². The van der Waals surface area contributed by atoms with E-state index >= 15 is 0 Å². The third kappa shape index (κ3) is 4.78. The highest BCUT2D eigenvalue weighted by Crippen LogP contribution is 2.35. The largest absolute Gasteiger partial charge is 0.497 e. The summed E-state index contributed by atoms with van der Waals surface area (Å²) in [5.74, 6) is 2.53. The number of hydrogen-bond donors (Lipinski definition) is 0. The summed E-state index contributed by atoms with van der Waals surface area (Å²) in [6.07, 6.45) is 1.11. The molecule has 3 aromatic rings. The Kier molecular flexibility index (Phi) is 5.59. The smallest absolute Gasteiger partial charge is 0.277 e. The van der Waals surface area contributed by atoms with Crippen molar-refractivity contribution < 1.29 is 22.0 Å². The Labute approximate surface area is 172 Å². The lowest BCUT2D eigenvalue weighted by Gasteiger charge is -2.03. The number of ether oxygens (including phenoxy) is 1. The maximum atomic E-state index is 11.6. The fraction of sp³-hybridized carbons (Fsp3) is 0.444. The van der Waals surface area contributed by atoms with Gasteiger partial charge in [0.15, 0.2) is 9.84 Å². The predicted octanol–water partition coefficient (Wildman–Crippen LogP) is 2.96. The number of sulfone groups is 1. The van der Waals surface area contributed by atoms with Crippen LogP contribution < -0.4 is 4.74 Å². The first-order chi connectivity index (χ1) is 13.9. The van der Waals surface area contributed by atoms with Crippen molar-refractivity contribution in [2.45, 2.75) is 30.2 Å². The van der Waals surface area contributed by atoms with Crippen LogP contribution in [0.3, 0.4) is 0 Å². The Hall–Kier alpha value is -2.40. The first-order valence-electron chi connectivity index (χ1n) is 9.09. The lowest BCUT2D eigenvalue weighted by atomic mass is 10.1. The normalized spacial score (nSPS) is 19.3. The highest BCUT2D eigenvalue weighted by molar-refractivity contribution is 7.99. The fourth-order valence-corrected chi connectivity index (χ4v) is 5.69. The van der Waals surface area contributed by atoms with E-state index in [1.807, 2.05) is 31.2 Å². The van der Waals surface area contributed by atoms with Crippen LogP contribution in [0.5, 0.6) is 5.75 Å². The molecule has 1 fully saturated rings. The lowest BCUT2D eigenvalue weighted by Crippen LogP contribution is -2.07. The summed E-state index contributed by atoms with van der Waals surface area (Å²) in [6.45, 7) is 1.91. The molecule has 0 amide bonds. The van der Waals surface area contributed by atoms with E-state index in [1.165, 1.54) is 11.8 Å². The van der Waals surface area contributed by atoms with E-state index in [1.54, 1.807) is 7.11 Å². The van der Waals surface area contributed by atoms with Crippen LogP contribution in [0.4, 0.5) is 0 Å². The standard InChI is InChI=1S/C18H20N4O5S2/c1-11(16-20-21-17(27-16)13-3-5-14(25-2)6-4-13)28-18-22-19-15(26-18)9-12-7-8-29(23,24)10-12/h3-6,11-12H,7-10H2,1-2H3/t11-,12+/m1/s1. The third-order valence-corrected chi connectivity index (χ3v) is 7.40. The van der Waals surface area contributed by atoms with Gasteiger partial charge < -0.3 is 13.6 Å². The number of nitrogens with zero attached hydrogens (tertiary/aromatic N) is 4. The molecule has 1 aromatic carbocycles. The van der Waals surface area contributed by atoms with E-state index in [0.29, 0.717) is 35.7 Å². The quantitative estimate of drug-likeness (QED) is 0.511. The van der Waals surface area contributed by atoms with Gasteiger partial charge in [0.2, 0.25) is 17.7 Å². The molecule has 11 heteroatoms. The molecule has 0 spiro atoms. The van der Waals surface area contributed by atoms with E-state index in [9.17, 15) is 8.42 Å². The Morgan fingerprint density at radius 3 is 2.66 bits per heavy atom. The maximum absolute atomic E-state index is 11.6. The summed E-state index contributed by atoms with van der Waals surface area (Å²) in [6, 6.07) is 7.35. The molecule has 0 unspecified atom stereocenters. The average Bonchev–Trinajstić information content (AvgIpc) is 3.42. The highest BCUT2D eigenvalue weighted by atomic mass is 32.2. The van der Waals surface area contributed by atoms with E-state index in [0.717, 1.165) is 11.3 Å². The molecule has 9 nitrogen and oxygen atoms in total. The van der Waals surface area contributed by atoms with Gasteiger partial charge in [-0.1, -0.05) is 11.8 Å². The molecule has 1 aliphatic rings. The highest BCUT2D eigenvalue weighted by Gasteiger charge is 2.29. The van der Waals surface area contributed by atoms with Crippen LogP contribution >= 0.6 is 11.8 Å². The summed E-state index contributed by atoms with van der Waals surface area (Å²) in [5, 5.41) is 16.5. The molecule has 0 N–H and O–H groups in total. The van der Waals surface area contributed by atoms with E-state index in [-0.39, 0.29) is 22.7 Å². The summed E-state index contributed by atoms with van der Waals surface area (Å²) in [7, 11) is -1.31. The molecular weight excluding hydrogens is 416 g/mol. The SMILES string of the molecule is COc1ccc(-c2nnc([C@@H](C)Sc3nnc(C[C@@H]4CCS(=O)(=O)C4)o3)o2)cc1. The van der Waals surface area contributed by atoms with Gasteiger partial charge in [-0.2, -0.15) is 0 Å². The average molecular weight is 437 g/mol. The van der Waals surface area contributed by atoms with Gasteiger partial charge >= 0.3 is 0 Å². The van der Waals surface area contributed by atoms with Crippen LogP contribution in [0.2, 0.25) is 0 Å². The Bertz CT molecular complexity index is 1080. The minimum absolute atomic E-state index is 0.0405. The number of rotatable bonds is 7. The number of methoxy groups -OCH3 is 1. The van der Waals surface area contributed by atoms with Crippen molar-refractivity contribution in [2.75, 3.05) is 18.6 Å². The lowest BCUT2D eigenvalue weighted by molar-refractivity contribution is 0.388. The van der Waals surface area contributed by atoms with Gasteiger partial charge in [0.1, 0.15) is 5.75 Å². The van der Waals surface area contributed by atoms with Crippen LogP contribution in [0.25, 0.3) is 11.5 Å². The predicted molar refractivity (Wildman–Crippen MR) is 105 cm³/mol. The summed E-state index contributed by atoms with van der Waals surface area (Å²) in [5.41, 5.74) is 0.799. The van der Waals surface area contributed by atoms with Crippen LogP contribution in [0.1, 0.15) is 30.4 Å². The molecule has 1 aliphatic heterocycles. The summed E-state index contributed by atoms with van der Waals surface area (Å²) < 4.78 is 39.7. The Morgan fingerprint density at radius 2 is 1.97 bits per heavy atom. The molecular formula is C18H20N4O5S2. The topological polar surface area (TPSA) is 121 Å². The molecule has 0 saturated carbocycles. The van der Waals surface area contributed by atoms with Crippen LogP contribution in [-0.4, -0.2) is 47.4 Å². The zero-order valence-electron chi connectivity index (χ0n) is 15.9. The van der Waals surface area contributed by atoms with Gasteiger partial charge in [-0.3, -0.25) is 0 Å². The fourth-order valence-electron chi connectivity index (χ4n) is 3.10. The molecule has 29 heavy (non-hydrogen) atoms. The first-order valence-corrected chi connectivity index (χ1v) is 11.8.